The molecule has 0 aromatic carbocycles. The molecular weight excluding hydrogens is 256 g/mol. The third-order valence-corrected chi connectivity index (χ3v) is 3.64. The molecule has 1 aliphatic rings. The molecule has 1 aromatic rings. The highest BCUT2D eigenvalue weighted by atomic mass is 16.6. The SMILES string of the molecule is Cc1cc(=O)n(C)c2c1[C@@H](C)N(C(=O)OC(C)(C)C)C2. The number of rotatable bonds is 0. The smallest absolute Gasteiger partial charge is 0.411 e. The van der Waals surface area contributed by atoms with Crippen molar-refractivity contribution in [3.05, 3.63) is 33.2 Å². The fourth-order valence-electron chi connectivity index (χ4n) is 2.66. The van der Waals surface area contributed by atoms with Gasteiger partial charge in [-0.25, -0.2) is 4.79 Å². The highest BCUT2D eigenvalue weighted by molar-refractivity contribution is 5.70. The van der Waals surface area contributed by atoms with E-state index >= 15 is 0 Å². The molecule has 0 saturated heterocycles. The van der Waals surface area contributed by atoms with Gasteiger partial charge in [-0.05, 0) is 45.7 Å². The molecule has 1 aromatic heterocycles. The van der Waals surface area contributed by atoms with Crippen LogP contribution in [0.25, 0.3) is 0 Å². The summed E-state index contributed by atoms with van der Waals surface area (Å²) < 4.78 is 7.05. The number of fused-ring (bicyclic) bond motifs is 1. The molecule has 2 heterocycles. The Bertz CT molecular complexity index is 611. The maximum absolute atomic E-state index is 12.3. The fourth-order valence-corrected chi connectivity index (χ4v) is 2.66. The summed E-state index contributed by atoms with van der Waals surface area (Å²) in [5, 5.41) is 0. The lowest BCUT2D eigenvalue weighted by Gasteiger charge is -2.27. The van der Waals surface area contributed by atoms with E-state index < -0.39 is 5.60 Å². The Hall–Kier alpha value is -1.78. The molecule has 0 radical (unpaired) electrons. The van der Waals surface area contributed by atoms with Gasteiger partial charge in [0.15, 0.2) is 0 Å². The lowest BCUT2D eigenvalue weighted by atomic mass is 10.0. The van der Waals surface area contributed by atoms with Crippen molar-refractivity contribution >= 4 is 6.09 Å². The molecular formula is C15H22N2O3. The predicted molar refractivity (Wildman–Crippen MR) is 76.6 cm³/mol. The van der Waals surface area contributed by atoms with E-state index in [0.29, 0.717) is 6.54 Å². The van der Waals surface area contributed by atoms with Crippen molar-refractivity contribution in [2.45, 2.75) is 52.8 Å². The molecule has 110 valence electrons. The zero-order valence-corrected chi connectivity index (χ0v) is 13.0. The Kier molecular flexibility index (Phi) is 3.40. The zero-order valence-electron chi connectivity index (χ0n) is 13.0. The van der Waals surface area contributed by atoms with Crippen LogP contribution in [0.2, 0.25) is 0 Å². The third-order valence-electron chi connectivity index (χ3n) is 3.64. The number of aryl methyl sites for hydroxylation is 1. The molecule has 0 N–H and O–H groups in total. The van der Waals surface area contributed by atoms with Crippen LogP contribution < -0.4 is 5.56 Å². The summed E-state index contributed by atoms with van der Waals surface area (Å²) in [6.45, 7) is 9.83. The number of pyridine rings is 1. The van der Waals surface area contributed by atoms with Crippen LogP contribution in [0.4, 0.5) is 4.79 Å². The summed E-state index contributed by atoms with van der Waals surface area (Å²) >= 11 is 0. The van der Waals surface area contributed by atoms with Gasteiger partial charge in [0.05, 0.1) is 12.6 Å². The predicted octanol–water partition coefficient (Wildman–Crippen LogP) is 2.51. The summed E-state index contributed by atoms with van der Waals surface area (Å²) in [7, 11) is 1.74. The molecule has 0 aliphatic carbocycles. The molecule has 0 unspecified atom stereocenters. The number of hydrogen-bond acceptors (Lipinski definition) is 3. The van der Waals surface area contributed by atoms with Crippen LogP contribution in [-0.4, -0.2) is 21.2 Å². The van der Waals surface area contributed by atoms with E-state index in [9.17, 15) is 9.59 Å². The first-order chi connectivity index (χ1) is 9.11. The number of ether oxygens (including phenoxy) is 1. The van der Waals surface area contributed by atoms with Crippen LogP contribution in [0.15, 0.2) is 10.9 Å². The van der Waals surface area contributed by atoms with Gasteiger partial charge in [-0.1, -0.05) is 0 Å². The molecule has 1 aliphatic heterocycles. The molecule has 0 bridgehead atoms. The van der Waals surface area contributed by atoms with Crippen molar-refractivity contribution < 1.29 is 9.53 Å². The molecule has 5 nitrogen and oxygen atoms in total. The van der Waals surface area contributed by atoms with Crippen molar-refractivity contribution in [1.82, 2.24) is 9.47 Å². The van der Waals surface area contributed by atoms with E-state index in [2.05, 4.69) is 0 Å². The van der Waals surface area contributed by atoms with Gasteiger partial charge in [-0.2, -0.15) is 0 Å². The van der Waals surface area contributed by atoms with E-state index in [1.165, 1.54) is 0 Å². The Morgan fingerprint density at radius 1 is 1.40 bits per heavy atom. The Morgan fingerprint density at radius 3 is 2.55 bits per heavy atom. The molecule has 1 atom stereocenters. The van der Waals surface area contributed by atoms with Gasteiger partial charge < -0.3 is 9.30 Å². The third kappa shape index (κ3) is 2.44. The van der Waals surface area contributed by atoms with Crippen LogP contribution in [0.1, 0.15) is 50.6 Å². The maximum atomic E-state index is 12.3. The average Bonchev–Trinajstić information content (AvgIpc) is 2.62. The molecule has 20 heavy (non-hydrogen) atoms. The van der Waals surface area contributed by atoms with Gasteiger partial charge in [0.2, 0.25) is 0 Å². The maximum Gasteiger partial charge on any atom is 0.411 e. The molecule has 0 fully saturated rings. The molecule has 0 spiro atoms. The van der Waals surface area contributed by atoms with E-state index in [4.69, 9.17) is 4.74 Å². The summed E-state index contributed by atoms with van der Waals surface area (Å²) in [6, 6.07) is 1.54. The first-order valence-corrected chi connectivity index (χ1v) is 6.81. The van der Waals surface area contributed by atoms with E-state index in [1.54, 1.807) is 22.6 Å². The average molecular weight is 278 g/mol. The Morgan fingerprint density at radius 2 is 2.00 bits per heavy atom. The molecule has 0 saturated carbocycles. The van der Waals surface area contributed by atoms with Crippen molar-refractivity contribution in [2.75, 3.05) is 0 Å². The van der Waals surface area contributed by atoms with E-state index in [0.717, 1.165) is 16.8 Å². The first-order valence-electron chi connectivity index (χ1n) is 6.81. The second-order valence-corrected chi connectivity index (χ2v) is 6.37. The minimum atomic E-state index is -0.521. The monoisotopic (exact) mass is 278 g/mol. The number of carbonyl (C=O) groups is 1. The van der Waals surface area contributed by atoms with Crippen molar-refractivity contribution in [3.8, 4) is 0 Å². The van der Waals surface area contributed by atoms with Gasteiger partial charge in [0, 0.05) is 18.8 Å². The Labute approximate surface area is 119 Å². The largest absolute Gasteiger partial charge is 0.444 e. The highest BCUT2D eigenvalue weighted by Gasteiger charge is 2.35. The van der Waals surface area contributed by atoms with Crippen molar-refractivity contribution in [2.24, 2.45) is 7.05 Å². The van der Waals surface area contributed by atoms with Crippen LogP contribution in [-0.2, 0) is 18.3 Å². The standard InChI is InChI=1S/C15H22N2O3/c1-9-7-12(18)16(6)11-8-17(10(2)13(9)11)14(19)20-15(3,4)5/h7,10H,8H2,1-6H3/t10-/m1/s1. The second-order valence-electron chi connectivity index (χ2n) is 6.37. The van der Waals surface area contributed by atoms with Crippen molar-refractivity contribution in [1.29, 1.82) is 0 Å². The van der Waals surface area contributed by atoms with Crippen LogP contribution in [0.5, 0.6) is 0 Å². The minimum Gasteiger partial charge on any atom is -0.444 e. The van der Waals surface area contributed by atoms with Gasteiger partial charge in [0.1, 0.15) is 5.60 Å². The van der Waals surface area contributed by atoms with Crippen LogP contribution in [0, 0.1) is 6.92 Å². The van der Waals surface area contributed by atoms with Gasteiger partial charge in [0.25, 0.3) is 5.56 Å². The molecule has 1 amide bonds. The topological polar surface area (TPSA) is 51.5 Å². The minimum absolute atomic E-state index is 0.0421. The zero-order chi connectivity index (χ0) is 15.2. The summed E-state index contributed by atoms with van der Waals surface area (Å²) in [4.78, 5) is 25.8. The quantitative estimate of drug-likeness (QED) is 0.732. The lowest BCUT2D eigenvalue weighted by Crippen LogP contribution is -2.35. The van der Waals surface area contributed by atoms with Gasteiger partial charge in [-0.15, -0.1) is 0 Å². The first kappa shape index (κ1) is 14.6. The van der Waals surface area contributed by atoms with E-state index in [1.807, 2.05) is 34.6 Å². The normalized spacial score (nSPS) is 18.1. The highest BCUT2D eigenvalue weighted by Crippen LogP contribution is 2.35. The molecule has 5 heteroatoms. The summed E-state index contributed by atoms with van der Waals surface area (Å²) in [5.74, 6) is 0. The number of amides is 1. The summed E-state index contributed by atoms with van der Waals surface area (Å²) in [5.41, 5.74) is 2.32. The number of carbonyl (C=O) groups excluding carboxylic acids is 1. The van der Waals surface area contributed by atoms with Crippen LogP contribution in [0.3, 0.4) is 0 Å². The number of aromatic nitrogens is 1. The second kappa shape index (κ2) is 4.65. The molecule has 2 rings (SSSR count). The van der Waals surface area contributed by atoms with Crippen molar-refractivity contribution in [3.63, 3.8) is 0 Å². The van der Waals surface area contributed by atoms with Crippen LogP contribution >= 0.6 is 0 Å². The fraction of sp³-hybridized carbons (Fsp3) is 0.600. The lowest BCUT2D eigenvalue weighted by molar-refractivity contribution is 0.0185. The van der Waals surface area contributed by atoms with E-state index in [-0.39, 0.29) is 17.7 Å². The van der Waals surface area contributed by atoms with Gasteiger partial charge >= 0.3 is 6.09 Å². The summed E-state index contributed by atoms with van der Waals surface area (Å²) in [6.07, 6.45) is -0.340. The Balaban J connectivity index is 2.37. The van der Waals surface area contributed by atoms with Gasteiger partial charge in [-0.3, -0.25) is 9.69 Å². The number of nitrogens with zero attached hydrogens (tertiary/aromatic N) is 2. The number of hydrogen-bond donors (Lipinski definition) is 0.